The fraction of sp³-hybridized carbons (Fsp3) is 0.750. The van der Waals surface area contributed by atoms with E-state index in [0.29, 0.717) is 13.2 Å². The van der Waals surface area contributed by atoms with Crippen LogP contribution in [0.5, 0.6) is 0 Å². The summed E-state index contributed by atoms with van der Waals surface area (Å²) >= 11 is 0. The minimum absolute atomic E-state index is 0.441. The Labute approximate surface area is 58.4 Å². The molecule has 0 bridgehead atoms. The van der Waals surface area contributed by atoms with Gasteiger partial charge in [-0.25, -0.2) is 0 Å². The van der Waals surface area contributed by atoms with E-state index in [1.54, 1.807) is 0 Å². The fourth-order valence-electron chi connectivity index (χ4n) is 0.161. The van der Waals surface area contributed by atoms with Crippen LogP contribution in [0.4, 0.5) is 0 Å². The standard InChI is InChI=1S/C5H8O.C3H8/c1-3-5-6-4-2;1-3-2/h1H,4-5H2,2H3;3H2,1-2H3. The maximum Gasteiger partial charge on any atom is 0.107 e. The molecule has 0 aliphatic heterocycles. The molecule has 0 aliphatic rings. The summed E-state index contributed by atoms with van der Waals surface area (Å²) in [5.41, 5.74) is 0. The van der Waals surface area contributed by atoms with Crippen molar-refractivity contribution in [2.75, 3.05) is 13.2 Å². The molecule has 0 fully saturated rings. The second kappa shape index (κ2) is 15.6. The number of ether oxygens (including phenoxy) is 1. The third kappa shape index (κ3) is 36.1. The molecule has 0 N–H and O–H groups in total. The summed E-state index contributed by atoms with van der Waals surface area (Å²) in [5, 5.41) is 0. The fourth-order valence-corrected chi connectivity index (χ4v) is 0.161. The predicted octanol–water partition coefficient (Wildman–Crippen LogP) is 2.07. The Bertz CT molecular complexity index is 61.5. The van der Waals surface area contributed by atoms with Crippen LogP contribution in [0.1, 0.15) is 27.2 Å². The number of terminal acetylenes is 1. The molecule has 0 saturated carbocycles. The van der Waals surface area contributed by atoms with Crippen LogP contribution in [0, 0.1) is 12.3 Å². The van der Waals surface area contributed by atoms with Crippen molar-refractivity contribution in [3.8, 4) is 12.3 Å². The SMILES string of the molecule is C#CCOCC.CCC. The quantitative estimate of drug-likeness (QED) is 0.408. The lowest BCUT2D eigenvalue weighted by Gasteiger charge is -1.86. The van der Waals surface area contributed by atoms with E-state index in [2.05, 4.69) is 19.8 Å². The Morgan fingerprint density at radius 1 is 1.33 bits per heavy atom. The van der Waals surface area contributed by atoms with Crippen molar-refractivity contribution in [2.45, 2.75) is 27.2 Å². The first-order valence-electron chi connectivity index (χ1n) is 3.34. The lowest BCUT2D eigenvalue weighted by Crippen LogP contribution is -1.86. The topological polar surface area (TPSA) is 9.23 Å². The van der Waals surface area contributed by atoms with Gasteiger partial charge in [0.2, 0.25) is 0 Å². The maximum atomic E-state index is 4.84. The lowest BCUT2D eigenvalue weighted by atomic mass is 10.6. The zero-order valence-electron chi connectivity index (χ0n) is 6.61. The van der Waals surface area contributed by atoms with Crippen LogP contribution in [0.3, 0.4) is 0 Å². The summed E-state index contributed by atoms with van der Waals surface area (Å²) < 4.78 is 4.75. The van der Waals surface area contributed by atoms with Gasteiger partial charge in [0, 0.05) is 6.61 Å². The molecule has 0 aromatic carbocycles. The molecular weight excluding hydrogens is 112 g/mol. The molecule has 0 aromatic rings. The number of hydrogen-bond donors (Lipinski definition) is 0. The molecule has 1 nitrogen and oxygen atoms in total. The average Bonchev–Trinajstić information content (AvgIpc) is 1.86. The first kappa shape index (κ1) is 11.3. The third-order valence-electron chi connectivity index (χ3n) is 0.390. The molecule has 0 unspecified atom stereocenters. The van der Waals surface area contributed by atoms with E-state index < -0.39 is 0 Å². The van der Waals surface area contributed by atoms with Gasteiger partial charge in [0.1, 0.15) is 6.61 Å². The molecule has 0 radical (unpaired) electrons. The normalized spacial score (nSPS) is 6.89. The molecule has 9 heavy (non-hydrogen) atoms. The Hall–Kier alpha value is -0.480. The van der Waals surface area contributed by atoms with Crippen LogP contribution >= 0.6 is 0 Å². The zero-order chi connectivity index (χ0) is 7.54. The van der Waals surface area contributed by atoms with Gasteiger partial charge in [-0.05, 0) is 6.92 Å². The van der Waals surface area contributed by atoms with Gasteiger partial charge in [-0.15, -0.1) is 6.42 Å². The average molecular weight is 128 g/mol. The van der Waals surface area contributed by atoms with Gasteiger partial charge in [0.25, 0.3) is 0 Å². The lowest BCUT2D eigenvalue weighted by molar-refractivity contribution is 0.182. The molecular formula is C8H16O. The van der Waals surface area contributed by atoms with Gasteiger partial charge in [0.15, 0.2) is 0 Å². The van der Waals surface area contributed by atoms with Crippen molar-refractivity contribution in [2.24, 2.45) is 0 Å². The molecule has 0 amide bonds. The van der Waals surface area contributed by atoms with Crippen molar-refractivity contribution in [1.82, 2.24) is 0 Å². The van der Waals surface area contributed by atoms with E-state index >= 15 is 0 Å². The van der Waals surface area contributed by atoms with E-state index in [-0.39, 0.29) is 0 Å². The third-order valence-corrected chi connectivity index (χ3v) is 0.390. The van der Waals surface area contributed by atoms with E-state index in [9.17, 15) is 0 Å². The molecule has 0 aliphatic carbocycles. The Kier molecular flexibility index (Phi) is 19.7. The Balaban J connectivity index is 0. The number of rotatable bonds is 2. The molecule has 1 heteroatoms. The molecule has 0 saturated heterocycles. The van der Waals surface area contributed by atoms with Gasteiger partial charge in [-0.2, -0.15) is 0 Å². The minimum Gasteiger partial charge on any atom is -0.369 e. The van der Waals surface area contributed by atoms with E-state index in [1.807, 2.05) is 6.92 Å². The molecule has 0 spiro atoms. The minimum atomic E-state index is 0.441. The van der Waals surface area contributed by atoms with E-state index in [4.69, 9.17) is 11.2 Å². The zero-order valence-corrected chi connectivity index (χ0v) is 6.61. The Morgan fingerprint density at radius 2 is 1.78 bits per heavy atom. The summed E-state index contributed by atoms with van der Waals surface area (Å²) in [6, 6.07) is 0. The molecule has 0 atom stereocenters. The van der Waals surface area contributed by atoms with Gasteiger partial charge in [-0.1, -0.05) is 26.2 Å². The van der Waals surface area contributed by atoms with Crippen molar-refractivity contribution in [1.29, 1.82) is 0 Å². The highest BCUT2D eigenvalue weighted by Gasteiger charge is 1.67. The second-order valence-electron chi connectivity index (χ2n) is 1.55. The van der Waals surface area contributed by atoms with Crippen LogP contribution in [-0.2, 0) is 4.74 Å². The number of hydrogen-bond acceptors (Lipinski definition) is 1. The van der Waals surface area contributed by atoms with Crippen molar-refractivity contribution >= 4 is 0 Å². The molecule has 54 valence electrons. The Morgan fingerprint density at radius 3 is 1.89 bits per heavy atom. The summed E-state index contributed by atoms with van der Waals surface area (Å²) in [5.74, 6) is 2.35. The van der Waals surface area contributed by atoms with Crippen LogP contribution in [-0.4, -0.2) is 13.2 Å². The smallest absolute Gasteiger partial charge is 0.107 e. The van der Waals surface area contributed by atoms with Gasteiger partial charge in [0.05, 0.1) is 0 Å². The van der Waals surface area contributed by atoms with E-state index in [0.717, 1.165) is 0 Å². The summed E-state index contributed by atoms with van der Waals surface area (Å²) in [7, 11) is 0. The molecule has 0 rings (SSSR count). The van der Waals surface area contributed by atoms with Crippen LogP contribution in [0.2, 0.25) is 0 Å². The first-order valence-corrected chi connectivity index (χ1v) is 3.34. The van der Waals surface area contributed by atoms with Crippen LogP contribution in [0.15, 0.2) is 0 Å². The highest BCUT2D eigenvalue weighted by molar-refractivity contribution is 4.82. The van der Waals surface area contributed by atoms with Crippen molar-refractivity contribution in [3.05, 3.63) is 0 Å². The van der Waals surface area contributed by atoms with Crippen LogP contribution < -0.4 is 0 Å². The maximum absolute atomic E-state index is 4.84. The highest BCUT2D eigenvalue weighted by atomic mass is 16.5. The summed E-state index contributed by atoms with van der Waals surface area (Å²) in [6.45, 7) is 7.32. The predicted molar refractivity (Wildman–Crippen MR) is 41.3 cm³/mol. The second-order valence-corrected chi connectivity index (χ2v) is 1.55. The largest absolute Gasteiger partial charge is 0.369 e. The van der Waals surface area contributed by atoms with Crippen molar-refractivity contribution < 1.29 is 4.74 Å². The first-order chi connectivity index (χ1) is 4.33. The summed E-state index contributed by atoms with van der Waals surface area (Å²) in [4.78, 5) is 0. The summed E-state index contributed by atoms with van der Waals surface area (Å²) in [6.07, 6.45) is 6.09. The van der Waals surface area contributed by atoms with Crippen LogP contribution in [0.25, 0.3) is 0 Å². The highest BCUT2D eigenvalue weighted by Crippen LogP contribution is 1.65. The van der Waals surface area contributed by atoms with Crippen molar-refractivity contribution in [3.63, 3.8) is 0 Å². The van der Waals surface area contributed by atoms with Gasteiger partial charge in [-0.3, -0.25) is 0 Å². The van der Waals surface area contributed by atoms with Gasteiger partial charge < -0.3 is 4.74 Å². The molecule has 0 aromatic heterocycles. The van der Waals surface area contributed by atoms with E-state index in [1.165, 1.54) is 6.42 Å². The monoisotopic (exact) mass is 128 g/mol. The van der Waals surface area contributed by atoms with Gasteiger partial charge >= 0.3 is 0 Å². The molecule has 0 heterocycles.